The van der Waals surface area contributed by atoms with Gasteiger partial charge in [-0.25, -0.2) is 4.98 Å². The number of alkyl halides is 3. The number of aromatic amines is 2. The van der Waals surface area contributed by atoms with Gasteiger partial charge in [-0.15, -0.1) is 13.2 Å². The van der Waals surface area contributed by atoms with Crippen LogP contribution in [0.3, 0.4) is 0 Å². The first-order valence-corrected chi connectivity index (χ1v) is 10.8. The van der Waals surface area contributed by atoms with Crippen molar-refractivity contribution in [2.75, 3.05) is 17.2 Å². The highest BCUT2D eigenvalue weighted by Gasteiger charge is 2.31. The van der Waals surface area contributed by atoms with Crippen LogP contribution in [-0.4, -0.2) is 37.9 Å². The van der Waals surface area contributed by atoms with Crippen molar-refractivity contribution < 1.29 is 23.0 Å². The molecule has 3 aromatic heterocycles. The van der Waals surface area contributed by atoms with Crippen LogP contribution in [0.15, 0.2) is 60.9 Å². The number of rotatable bonds is 8. The maximum atomic E-state index is 12.5. The van der Waals surface area contributed by atoms with Gasteiger partial charge >= 0.3 is 6.36 Å². The molecule has 11 heteroatoms. The first-order chi connectivity index (χ1) is 16.9. The van der Waals surface area contributed by atoms with Crippen LogP contribution < -0.4 is 15.4 Å². The van der Waals surface area contributed by atoms with E-state index in [1.807, 2.05) is 24.3 Å². The first-order valence-electron chi connectivity index (χ1n) is 10.8. The summed E-state index contributed by atoms with van der Waals surface area (Å²) in [7, 11) is 0. The van der Waals surface area contributed by atoms with Gasteiger partial charge in [0.1, 0.15) is 11.6 Å². The average molecular weight is 482 g/mol. The fraction of sp³-hybridized carbons (Fsp3) is 0.167. The second-order valence-corrected chi connectivity index (χ2v) is 7.89. The Kier molecular flexibility index (Phi) is 5.91. The molecule has 5 aromatic rings. The lowest BCUT2D eigenvalue weighted by Crippen LogP contribution is -2.17. The minimum Gasteiger partial charge on any atom is -0.406 e. The molecule has 5 rings (SSSR count). The molecule has 2 aromatic carbocycles. The Balaban J connectivity index is 1.23. The smallest absolute Gasteiger partial charge is 0.406 e. The van der Waals surface area contributed by atoms with E-state index in [4.69, 9.17) is 0 Å². The summed E-state index contributed by atoms with van der Waals surface area (Å²) in [5.41, 5.74) is 4.07. The molecular weight excluding hydrogens is 461 g/mol. The van der Waals surface area contributed by atoms with E-state index in [1.165, 1.54) is 12.1 Å². The molecule has 3 heterocycles. The van der Waals surface area contributed by atoms with Crippen molar-refractivity contribution in [3.63, 3.8) is 0 Å². The molecule has 0 aliphatic heterocycles. The molecule has 0 unspecified atom stereocenters. The normalized spacial score (nSPS) is 11.8. The van der Waals surface area contributed by atoms with Crippen LogP contribution in [0, 0.1) is 0 Å². The summed E-state index contributed by atoms with van der Waals surface area (Å²) >= 11 is 0. The summed E-state index contributed by atoms with van der Waals surface area (Å²) in [5.74, 6) is 0.758. The Morgan fingerprint density at radius 2 is 1.89 bits per heavy atom. The third-order valence-corrected chi connectivity index (χ3v) is 5.42. The van der Waals surface area contributed by atoms with Crippen molar-refractivity contribution in [3.05, 3.63) is 72.2 Å². The van der Waals surface area contributed by atoms with Crippen LogP contribution >= 0.6 is 0 Å². The average Bonchev–Trinajstić information content (AvgIpc) is 3.41. The molecule has 5 N–H and O–H groups in total. The molecule has 0 fully saturated rings. The summed E-state index contributed by atoms with van der Waals surface area (Å²) < 4.78 is 41.7. The van der Waals surface area contributed by atoms with E-state index < -0.39 is 6.36 Å². The Morgan fingerprint density at radius 1 is 1.03 bits per heavy atom. The number of hydrogen-bond donors (Lipinski definition) is 5. The molecule has 0 spiro atoms. The van der Waals surface area contributed by atoms with Gasteiger partial charge in [0, 0.05) is 52.1 Å². The van der Waals surface area contributed by atoms with Crippen molar-refractivity contribution in [2.45, 2.75) is 19.4 Å². The number of aliphatic hydroxyl groups is 1. The summed E-state index contributed by atoms with van der Waals surface area (Å²) in [5, 5.41) is 17.3. The second-order valence-electron chi connectivity index (χ2n) is 7.89. The fourth-order valence-electron chi connectivity index (χ4n) is 3.89. The highest BCUT2D eigenvalue weighted by molar-refractivity contribution is 5.85. The quantitative estimate of drug-likeness (QED) is 0.207. The molecule has 0 radical (unpaired) electrons. The number of ether oxygens (including phenoxy) is 1. The number of aromatic nitrogens is 4. The first kappa shape index (κ1) is 22.5. The van der Waals surface area contributed by atoms with Gasteiger partial charge in [0.2, 0.25) is 5.95 Å². The van der Waals surface area contributed by atoms with E-state index in [0.29, 0.717) is 30.1 Å². The highest BCUT2D eigenvalue weighted by Crippen LogP contribution is 2.28. The summed E-state index contributed by atoms with van der Waals surface area (Å²) in [6.07, 6.45) is -0.809. The molecular formula is C24H21F3N6O2. The molecule has 8 nitrogen and oxygen atoms in total. The molecule has 180 valence electrons. The Hall–Kier alpha value is -4.25. The van der Waals surface area contributed by atoms with Crippen LogP contribution in [0.5, 0.6) is 5.75 Å². The lowest BCUT2D eigenvalue weighted by molar-refractivity contribution is -0.274. The number of nitrogens with one attached hydrogen (secondary N) is 4. The van der Waals surface area contributed by atoms with Crippen LogP contribution in [-0.2, 0) is 13.0 Å². The summed E-state index contributed by atoms with van der Waals surface area (Å²) in [6, 6.07) is 13.6. The van der Waals surface area contributed by atoms with E-state index in [-0.39, 0.29) is 12.4 Å². The van der Waals surface area contributed by atoms with Crippen LogP contribution in [0.4, 0.5) is 30.6 Å². The van der Waals surface area contributed by atoms with Gasteiger partial charge in [-0.2, -0.15) is 4.98 Å². The number of fused-ring (bicyclic) bond motifs is 2. The van der Waals surface area contributed by atoms with Gasteiger partial charge in [-0.1, -0.05) is 0 Å². The van der Waals surface area contributed by atoms with Crippen LogP contribution in [0.2, 0.25) is 0 Å². The van der Waals surface area contributed by atoms with Crippen molar-refractivity contribution in [2.24, 2.45) is 0 Å². The SMILES string of the molecule is OCc1cc2cc(Nc3ccnc(NCCc4c[nH]c5ccc(OC(F)(F)F)cc45)n3)ccc2[nH]1. The number of hydrogen-bond acceptors (Lipinski definition) is 6. The van der Waals surface area contributed by atoms with Crippen LogP contribution in [0.25, 0.3) is 21.8 Å². The number of nitrogens with zero attached hydrogens (tertiary/aromatic N) is 2. The molecule has 0 aliphatic carbocycles. The second kappa shape index (κ2) is 9.18. The molecule has 0 aliphatic rings. The number of anilines is 3. The van der Waals surface area contributed by atoms with E-state index in [9.17, 15) is 18.3 Å². The third-order valence-electron chi connectivity index (χ3n) is 5.42. The van der Waals surface area contributed by atoms with E-state index >= 15 is 0 Å². The van der Waals surface area contributed by atoms with Crippen molar-refractivity contribution in [1.29, 1.82) is 0 Å². The topological polar surface area (TPSA) is 111 Å². The van der Waals surface area contributed by atoms with E-state index in [1.54, 1.807) is 24.5 Å². The zero-order valence-corrected chi connectivity index (χ0v) is 18.3. The van der Waals surface area contributed by atoms with Crippen molar-refractivity contribution >= 4 is 39.3 Å². The zero-order valence-electron chi connectivity index (χ0n) is 18.3. The predicted molar refractivity (Wildman–Crippen MR) is 127 cm³/mol. The molecule has 0 bridgehead atoms. The van der Waals surface area contributed by atoms with Gasteiger partial charge in [0.25, 0.3) is 0 Å². The Morgan fingerprint density at radius 3 is 2.71 bits per heavy atom. The summed E-state index contributed by atoms with van der Waals surface area (Å²) in [6.45, 7) is 0.416. The molecule has 0 saturated heterocycles. The van der Waals surface area contributed by atoms with Crippen molar-refractivity contribution in [1.82, 2.24) is 19.9 Å². The van der Waals surface area contributed by atoms with E-state index in [2.05, 4.69) is 35.3 Å². The Bertz CT molecular complexity index is 1480. The summed E-state index contributed by atoms with van der Waals surface area (Å²) in [4.78, 5) is 14.9. The lowest BCUT2D eigenvalue weighted by atomic mass is 10.1. The maximum absolute atomic E-state index is 12.5. The van der Waals surface area contributed by atoms with Crippen molar-refractivity contribution in [3.8, 4) is 5.75 Å². The number of halogens is 3. The van der Waals surface area contributed by atoms with E-state index in [0.717, 1.165) is 33.4 Å². The minimum atomic E-state index is -4.74. The predicted octanol–water partition coefficient (Wildman–Crippen LogP) is 5.23. The van der Waals surface area contributed by atoms with Gasteiger partial charge in [-0.3, -0.25) is 0 Å². The molecule has 0 atom stereocenters. The number of aliphatic hydroxyl groups excluding tert-OH is 1. The molecule has 0 saturated carbocycles. The highest BCUT2D eigenvalue weighted by atomic mass is 19.4. The lowest BCUT2D eigenvalue weighted by Gasteiger charge is -2.10. The molecule has 0 amide bonds. The van der Waals surface area contributed by atoms with Gasteiger partial charge < -0.3 is 30.4 Å². The van der Waals surface area contributed by atoms with Gasteiger partial charge in [-0.05, 0) is 60.5 Å². The standard InChI is InChI=1S/C24H21F3N6O2/c25-24(26,27)35-18-2-4-21-19(11-18)14(12-30-21)5-7-28-23-29-8-6-22(33-23)32-16-1-3-20-15(9-16)10-17(13-34)31-20/h1-4,6,8-12,30-31,34H,5,7,13H2,(H2,28,29,32,33). The van der Waals surface area contributed by atoms with Gasteiger partial charge in [0.05, 0.1) is 6.61 Å². The van der Waals surface area contributed by atoms with Gasteiger partial charge in [0.15, 0.2) is 0 Å². The monoisotopic (exact) mass is 482 g/mol. The number of benzene rings is 2. The fourth-order valence-corrected chi connectivity index (χ4v) is 3.89. The third kappa shape index (κ3) is 5.30. The number of H-pyrrole nitrogens is 2. The largest absolute Gasteiger partial charge is 0.573 e. The minimum absolute atomic E-state index is 0.0561. The maximum Gasteiger partial charge on any atom is 0.573 e. The zero-order chi connectivity index (χ0) is 24.4. The van der Waals surface area contributed by atoms with Crippen LogP contribution in [0.1, 0.15) is 11.3 Å². The Labute approximate surface area is 197 Å². The molecule has 35 heavy (non-hydrogen) atoms.